The smallest absolute Gasteiger partial charge is 0.335 e. The van der Waals surface area contributed by atoms with E-state index < -0.39 is 5.97 Å². The van der Waals surface area contributed by atoms with E-state index in [9.17, 15) is 9.59 Å². The van der Waals surface area contributed by atoms with Crippen molar-refractivity contribution in [2.75, 3.05) is 5.32 Å². The van der Waals surface area contributed by atoms with Crippen molar-refractivity contribution in [1.82, 2.24) is 0 Å². The molecule has 4 nitrogen and oxygen atoms in total. The number of amides is 1. The highest BCUT2D eigenvalue weighted by Crippen LogP contribution is 2.25. The van der Waals surface area contributed by atoms with Crippen LogP contribution in [0.3, 0.4) is 0 Å². The van der Waals surface area contributed by atoms with Crippen LogP contribution in [0.4, 0.5) is 5.69 Å². The molecule has 0 spiro atoms. The summed E-state index contributed by atoms with van der Waals surface area (Å²) in [6.45, 7) is 2.04. The van der Waals surface area contributed by atoms with Crippen molar-refractivity contribution in [3.63, 3.8) is 0 Å². The fraction of sp³-hybridized carbons (Fsp3) is 0.0435. The van der Waals surface area contributed by atoms with Gasteiger partial charge in [0, 0.05) is 11.8 Å². The van der Waals surface area contributed by atoms with Gasteiger partial charge in [0.05, 0.1) is 5.56 Å². The number of nitrogens with one attached hydrogen (secondary N) is 1. The molecule has 0 unspecified atom stereocenters. The monoisotopic (exact) mass is 357 g/mol. The summed E-state index contributed by atoms with van der Waals surface area (Å²) in [6, 6.07) is 22.2. The quantitative estimate of drug-likeness (QED) is 0.631. The molecule has 0 heterocycles. The molecule has 0 aliphatic rings. The number of rotatable bonds is 5. The second-order valence-electron chi connectivity index (χ2n) is 6.16. The van der Waals surface area contributed by atoms with Gasteiger partial charge in [-0.3, -0.25) is 4.79 Å². The first-order valence-electron chi connectivity index (χ1n) is 8.51. The average Bonchev–Trinajstić information content (AvgIpc) is 2.68. The standard InChI is InChI=1S/C23H19NO3/c1-16-6-8-18(9-7-16)21-5-3-2-4-17(21)12-15-22(25)24-20-13-10-19(11-14-20)23(26)27/h2-15H,1H3,(H,24,25)(H,26,27). The van der Waals surface area contributed by atoms with Crippen LogP contribution < -0.4 is 5.32 Å². The van der Waals surface area contributed by atoms with Gasteiger partial charge >= 0.3 is 5.97 Å². The van der Waals surface area contributed by atoms with Crippen LogP contribution in [0.5, 0.6) is 0 Å². The van der Waals surface area contributed by atoms with Gasteiger partial charge in [-0.15, -0.1) is 0 Å². The largest absolute Gasteiger partial charge is 0.478 e. The highest BCUT2D eigenvalue weighted by molar-refractivity contribution is 6.02. The molecule has 0 bridgehead atoms. The minimum Gasteiger partial charge on any atom is -0.478 e. The number of benzene rings is 3. The highest BCUT2D eigenvalue weighted by Gasteiger charge is 2.05. The van der Waals surface area contributed by atoms with Crippen molar-refractivity contribution in [2.24, 2.45) is 0 Å². The second-order valence-corrected chi connectivity index (χ2v) is 6.16. The van der Waals surface area contributed by atoms with Gasteiger partial charge in [0.15, 0.2) is 0 Å². The minimum atomic E-state index is -1.000. The van der Waals surface area contributed by atoms with Crippen molar-refractivity contribution in [3.8, 4) is 11.1 Å². The van der Waals surface area contributed by atoms with Gasteiger partial charge in [-0.1, -0.05) is 54.1 Å². The summed E-state index contributed by atoms with van der Waals surface area (Å²) in [5.74, 6) is -1.28. The first-order valence-corrected chi connectivity index (χ1v) is 8.51. The van der Waals surface area contributed by atoms with Crippen LogP contribution in [0.1, 0.15) is 21.5 Å². The van der Waals surface area contributed by atoms with Crippen LogP contribution in [-0.4, -0.2) is 17.0 Å². The lowest BCUT2D eigenvalue weighted by Crippen LogP contribution is -2.08. The maximum Gasteiger partial charge on any atom is 0.335 e. The van der Waals surface area contributed by atoms with Gasteiger partial charge < -0.3 is 10.4 Å². The van der Waals surface area contributed by atoms with E-state index in [1.807, 2.05) is 31.2 Å². The van der Waals surface area contributed by atoms with E-state index in [0.29, 0.717) is 5.69 Å². The molecule has 0 atom stereocenters. The van der Waals surface area contributed by atoms with Crippen molar-refractivity contribution < 1.29 is 14.7 Å². The number of carboxylic acids is 1. The summed E-state index contributed by atoms with van der Waals surface area (Å²) >= 11 is 0. The predicted molar refractivity (Wildman–Crippen MR) is 108 cm³/mol. The van der Waals surface area contributed by atoms with Gasteiger partial charge in [0.2, 0.25) is 5.91 Å². The van der Waals surface area contributed by atoms with Gasteiger partial charge in [-0.05, 0) is 54.0 Å². The van der Waals surface area contributed by atoms with Crippen LogP contribution in [0.15, 0.2) is 78.9 Å². The molecule has 27 heavy (non-hydrogen) atoms. The van der Waals surface area contributed by atoms with Crippen LogP contribution in [0.25, 0.3) is 17.2 Å². The summed E-state index contributed by atoms with van der Waals surface area (Å²) in [7, 11) is 0. The Morgan fingerprint density at radius 3 is 2.22 bits per heavy atom. The highest BCUT2D eigenvalue weighted by atomic mass is 16.4. The number of carbonyl (C=O) groups excluding carboxylic acids is 1. The van der Waals surface area contributed by atoms with Crippen LogP contribution in [0.2, 0.25) is 0 Å². The second kappa shape index (κ2) is 8.15. The minimum absolute atomic E-state index is 0.176. The topological polar surface area (TPSA) is 66.4 Å². The molecule has 1 amide bonds. The molecule has 0 fully saturated rings. The van der Waals surface area contributed by atoms with Crippen LogP contribution in [-0.2, 0) is 4.79 Å². The zero-order chi connectivity index (χ0) is 19.2. The van der Waals surface area contributed by atoms with Crippen molar-refractivity contribution in [2.45, 2.75) is 6.92 Å². The zero-order valence-corrected chi connectivity index (χ0v) is 14.8. The van der Waals surface area contributed by atoms with Crippen molar-refractivity contribution in [3.05, 3.63) is 95.6 Å². The van der Waals surface area contributed by atoms with Gasteiger partial charge in [0.1, 0.15) is 0 Å². The Kier molecular flexibility index (Phi) is 5.47. The molecule has 0 aromatic heterocycles. The molecule has 2 N–H and O–H groups in total. The van der Waals surface area contributed by atoms with E-state index in [2.05, 4.69) is 29.6 Å². The normalized spacial score (nSPS) is 10.7. The van der Waals surface area contributed by atoms with Gasteiger partial charge in [-0.25, -0.2) is 4.79 Å². The summed E-state index contributed by atoms with van der Waals surface area (Å²) in [6.07, 6.45) is 3.24. The van der Waals surface area contributed by atoms with Crippen LogP contribution >= 0.6 is 0 Å². The Balaban J connectivity index is 1.75. The summed E-state index contributed by atoms with van der Waals surface area (Å²) in [5, 5.41) is 11.6. The average molecular weight is 357 g/mol. The van der Waals surface area contributed by atoms with Crippen molar-refractivity contribution in [1.29, 1.82) is 0 Å². The molecular weight excluding hydrogens is 338 g/mol. The summed E-state index contributed by atoms with van der Waals surface area (Å²) in [5.41, 5.74) is 4.99. The van der Waals surface area contributed by atoms with Gasteiger partial charge in [-0.2, -0.15) is 0 Å². The Morgan fingerprint density at radius 1 is 0.889 bits per heavy atom. The summed E-state index contributed by atoms with van der Waals surface area (Å²) < 4.78 is 0. The van der Waals surface area contributed by atoms with E-state index in [4.69, 9.17) is 5.11 Å². The molecule has 134 valence electrons. The zero-order valence-electron chi connectivity index (χ0n) is 14.8. The third kappa shape index (κ3) is 4.70. The number of aryl methyl sites for hydroxylation is 1. The third-order valence-corrected chi connectivity index (χ3v) is 4.14. The first-order chi connectivity index (χ1) is 13.0. The van der Waals surface area contributed by atoms with Crippen molar-refractivity contribution >= 4 is 23.6 Å². The van der Waals surface area contributed by atoms with E-state index >= 15 is 0 Å². The van der Waals surface area contributed by atoms with E-state index in [1.54, 1.807) is 18.2 Å². The number of aromatic carboxylic acids is 1. The predicted octanol–water partition coefficient (Wildman–Crippen LogP) is 5.01. The Morgan fingerprint density at radius 2 is 1.56 bits per heavy atom. The first kappa shape index (κ1) is 18.1. The Hall–Kier alpha value is -3.66. The maximum absolute atomic E-state index is 12.2. The molecule has 3 aromatic rings. The molecule has 4 heteroatoms. The molecule has 0 aliphatic carbocycles. The number of carbonyl (C=O) groups is 2. The van der Waals surface area contributed by atoms with E-state index in [0.717, 1.165) is 16.7 Å². The lowest BCUT2D eigenvalue weighted by atomic mass is 9.98. The molecule has 0 aliphatic heterocycles. The van der Waals surface area contributed by atoms with Crippen LogP contribution in [0, 0.1) is 6.92 Å². The summed E-state index contributed by atoms with van der Waals surface area (Å²) in [4.78, 5) is 23.0. The maximum atomic E-state index is 12.2. The number of anilines is 1. The number of hydrogen-bond donors (Lipinski definition) is 2. The van der Waals surface area contributed by atoms with Gasteiger partial charge in [0.25, 0.3) is 0 Å². The number of carboxylic acid groups (broad SMARTS) is 1. The molecule has 0 saturated carbocycles. The number of hydrogen-bond acceptors (Lipinski definition) is 2. The van der Waals surface area contributed by atoms with E-state index in [-0.39, 0.29) is 11.5 Å². The molecule has 3 rings (SSSR count). The SMILES string of the molecule is Cc1ccc(-c2ccccc2C=CC(=O)Nc2ccc(C(=O)O)cc2)cc1. The lowest BCUT2D eigenvalue weighted by molar-refractivity contribution is -0.111. The Labute approximate surface area is 157 Å². The fourth-order valence-electron chi connectivity index (χ4n) is 2.68. The third-order valence-electron chi connectivity index (χ3n) is 4.14. The molecule has 0 saturated heterocycles. The molecule has 0 radical (unpaired) electrons. The molecule has 3 aromatic carbocycles. The fourth-order valence-corrected chi connectivity index (χ4v) is 2.68. The molecular formula is C23H19NO3. The lowest BCUT2D eigenvalue weighted by Gasteiger charge is -2.07. The Bertz CT molecular complexity index is 987. The van der Waals surface area contributed by atoms with E-state index in [1.165, 1.54) is 23.8 Å².